The normalized spacial score (nSPS) is 12.7. The number of hydrogen-bond acceptors (Lipinski definition) is 3. The highest BCUT2D eigenvalue weighted by molar-refractivity contribution is 7.11. The van der Waals surface area contributed by atoms with Crippen molar-refractivity contribution in [1.29, 1.82) is 0 Å². The van der Waals surface area contributed by atoms with Crippen LogP contribution in [0.5, 0.6) is 0 Å². The molecule has 2 nitrogen and oxygen atoms in total. The molecule has 2 rings (SSSR count). The molecule has 0 amide bonds. The van der Waals surface area contributed by atoms with E-state index in [0.717, 1.165) is 15.6 Å². The zero-order valence-corrected chi connectivity index (χ0v) is 12.0. The monoisotopic (exact) mass is 284 g/mol. The summed E-state index contributed by atoms with van der Waals surface area (Å²) in [6.07, 6.45) is 0. The molecule has 0 aliphatic carbocycles. The first kappa shape index (κ1) is 13.5. The fourth-order valence-electron chi connectivity index (χ4n) is 1.77. The van der Waals surface area contributed by atoms with Gasteiger partial charge in [0.2, 0.25) is 0 Å². The van der Waals surface area contributed by atoms with Crippen molar-refractivity contribution in [2.45, 2.75) is 19.9 Å². The zero-order chi connectivity index (χ0) is 13.3. The number of nitrogens with one attached hydrogen (secondary N) is 1. The van der Waals surface area contributed by atoms with Crippen LogP contribution < -0.4 is 5.32 Å². The van der Waals surface area contributed by atoms with E-state index in [4.69, 9.17) is 11.6 Å². The van der Waals surface area contributed by atoms with Gasteiger partial charge in [0.1, 0.15) is 10.8 Å². The lowest BCUT2D eigenvalue weighted by Crippen LogP contribution is -2.18. The smallest absolute Gasteiger partial charge is 0.129 e. The summed E-state index contributed by atoms with van der Waals surface area (Å²) in [6.45, 7) is 3.97. The summed E-state index contributed by atoms with van der Waals surface area (Å²) in [7, 11) is 1.80. The molecule has 0 saturated heterocycles. The fraction of sp³-hybridized carbons (Fsp3) is 0.308. The summed E-state index contributed by atoms with van der Waals surface area (Å²) in [4.78, 5) is 5.63. The fourth-order valence-corrected chi connectivity index (χ4v) is 2.98. The molecule has 0 spiro atoms. The minimum atomic E-state index is -0.313. The highest BCUT2D eigenvalue weighted by Crippen LogP contribution is 2.30. The van der Waals surface area contributed by atoms with Crippen molar-refractivity contribution in [3.8, 4) is 0 Å². The largest absolute Gasteiger partial charge is 0.307 e. The van der Waals surface area contributed by atoms with E-state index in [9.17, 15) is 4.39 Å². The topological polar surface area (TPSA) is 24.9 Å². The van der Waals surface area contributed by atoms with Crippen molar-refractivity contribution in [1.82, 2.24) is 10.3 Å². The van der Waals surface area contributed by atoms with E-state index in [-0.39, 0.29) is 11.9 Å². The highest BCUT2D eigenvalue weighted by atomic mass is 35.5. The van der Waals surface area contributed by atoms with Gasteiger partial charge in [-0.15, -0.1) is 11.3 Å². The molecule has 5 heteroatoms. The van der Waals surface area contributed by atoms with Gasteiger partial charge in [0, 0.05) is 15.5 Å². The Bertz CT molecular complexity index is 549. The molecule has 0 fully saturated rings. The van der Waals surface area contributed by atoms with Gasteiger partial charge in [-0.05, 0) is 33.0 Å². The van der Waals surface area contributed by atoms with E-state index in [1.807, 2.05) is 13.8 Å². The van der Waals surface area contributed by atoms with Crippen LogP contribution in [0.2, 0.25) is 5.02 Å². The van der Waals surface area contributed by atoms with Gasteiger partial charge in [-0.1, -0.05) is 17.7 Å². The van der Waals surface area contributed by atoms with Gasteiger partial charge in [-0.25, -0.2) is 9.37 Å². The predicted octanol–water partition coefficient (Wildman–Crippen LogP) is 3.86. The molecule has 0 aliphatic heterocycles. The highest BCUT2D eigenvalue weighted by Gasteiger charge is 2.20. The summed E-state index contributed by atoms with van der Waals surface area (Å²) in [6, 6.07) is 4.48. The van der Waals surface area contributed by atoms with Gasteiger partial charge < -0.3 is 5.32 Å². The first-order valence-corrected chi connectivity index (χ1v) is 6.78. The molecule has 18 heavy (non-hydrogen) atoms. The minimum absolute atomic E-state index is 0.236. The van der Waals surface area contributed by atoms with Crippen molar-refractivity contribution in [2.24, 2.45) is 0 Å². The molecule has 1 heterocycles. The summed E-state index contributed by atoms with van der Waals surface area (Å²) < 4.78 is 13.9. The van der Waals surface area contributed by atoms with Crippen LogP contribution in [0.15, 0.2) is 18.2 Å². The van der Waals surface area contributed by atoms with Crippen LogP contribution in [0.25, 0.3) is 0 Å². The summed E-state index contributed by atoms with van der Waals surface area (Å²) in [5.74, 6) is -0.313. The molecule has 1 atom stereocenters. The Morgan fingerprint density at radius 3 is 2.61 bits per heavy atom. The second-order valence-electron chi connectivity index (χ2n) is 4.08. The van der Waals surface area contributed by atoms with Gasteiger partial charge in [-0.3, -0.25) is 0 Å². The first-order valence-electron chi connectivity index (χ1n) is 5.59. The standard InChI is InChI=1S/C13H14ClFN2S/c1-7-8(2)18-13(17-7)12(16-3)10-5-4-9(14)6-11(10)15/h4-6,12,16H,1-3H3. The Hall–Kier alpha value is -0.970. The van der Waals surface area contributed by atoms with Crippen molar-refractivity contribution >= 4 is 22.9 Å². The van der Waals surface area contributed by atoms with E-state index in [1.54, 1.807) is 30.5 Å². The molecule has 0 bridgehead atoms. The predicted molar refractivity (Wildman–Crippen MR) is 73.9 cm³/mol. The lowest BCUT2D eigenvalue weighted by Gasteiger charge is -2.14. The van der Waals surface area contributed by atoms with Crippen LogP contribution in [0, 0.1) is 19.7 Å². The molecule has 0 aliphatic rings. The molecule has 96 valence electrons. The first-order chi connectivity index (χ1) is 8.52. The van der Waals surface area contributed by atoms with Gasteiger partial charge in [0.05, 0.1) is 11.7 Å². The molecule has 2 aromatic rings. The van der Waals surface area contributed by atoms with E-state index in [1.165, 1.54) is 6.07 Å². The van der Waals surface area contributed by atoms with Crippen molar-refractivity contribution in [3.63, 3.8) is 0 Å². The van der Waals surface area contributed by atoms with Crippen LogP contribution in [0.3, 0.4) is 0 Å². The molecule has 1 aromatic carbocycles. The van der Waals surface area contributed by atoms with Crippen LogP contribution in [0.1, 0.15) is 27.2 Å². The average molecular weight is 285 g/mol. The van der Waals surface area contributed by atoms with Gasteiger partial charge in [0.25, 0.3) is 0 Å². The number of hydrogen-bond donors (Lipinski definition) is 1. The van der Waals surface area contributed by atoms with Crippen molar-refractivity contribution in [3.05, 3.63) is 50.2 Å². The Morgan fingerprint density at radius 2 is 2.11 bits per heavy atom. The summed E-state index contributed by atoms with van der Waals surface area (Å²) >= 11 is 7.35. The average Bonchev–Trinajstić information content (AvgIpc) is 2.63. The van der Waals surface area contributed by atoms with Gasteiger partial charge in [0.15, 0.2) is 0 Å². The molecule has 0 saturated carbocycles. The number of aromatic nitrogens is 1. The Kier molecular flexibility index (Phi) is 4.00. The van der Waals surface area contributed by atoms with Crippen LogP contribution in [-0.2, 0) is 0 Å². The van der Waals surface area contributed by atoms with E-state index >= 15 is 0 Å². The molecular weight excluding hydrogens is 271 g/mol. The minimum Gasteiger partial charge on any atom is -0.307 e. The van der Waals surface area contributed by atoms with E-state index in [0.29, 0.717) is 10.6 Å². The van der Waals surface area contributed by atoms with Crippen LogP contribution >= 0.6 is 22.9 Å². The van der Waals surface area contributed by atoms with E-state index in [2.05, 4.69) is 10.3 Å². The third-order valence-corrected chi connectivity index (χ3v) is 4.23. The van der Waals surface area contributed by atoms with Gasteiger partial charge in [-0.2, -0.15) is 0 Å². The van der Waals surface area contributed by atoms with Crippen LogP contribution in [-0.4, -0.2) is 12.0 Å². The third-order valence-electron chi connectivity index (χ3n) is 2.85. The van der Waals surface area contributed by atoms with Crippen molar-refractivity contribution < 1.29 is 4.39 Å². The second-order valence-corrected chi connectivity index (χ2v) is 5.75. The maximum Gasteiger partial charge on any atom is 0.129 e. The molecule has 0 radical (unpaired) electrons. The Morgan fingerprint density at radius 1 is 1.39 bits per heavy atom. The number of thiazole rings is 1. The number of benzene rings is 1. The zero-order valence-electron chi connectivity index (χ0n) is 10.4. The van der Waals surface area contributed by atoms with Crippen molar-refractivity contribution in [2.75, 3.05) is 7.05 Å². The molecule has 1 unspecified atom stereocenters. The summed E-state index contributed by atoms with van der Waals surface area (Å²) in [5.41, 5.74) is 1.56. The SMILES string of the molecule is CNC(c1nc(C)c(C)s1)c1ccc(Cl)cc1F. The quantitative estimate of drug-likeness (QED) is 0.926. The maximum absolute atomic E-state index is 13.9. The summed E-state index contributed by atoms with van der Waals surface area (Å²) in [5, 5.41) is 4.37. The number of rotatable bonds is 3. The maximum atomic E-state index is 13.9. The molecule has 1 aromatic heterocycles. The van der Waals surface area contributed by atoms with Crippen LogP contribution in [0.4, 0.5) is 4.39 Å². The third kappa shape index (κ3) is 2.55. The molecule has 1 N–H and O–H groups in total. The van der Waals surface area contributed by atoms with E-state index < -0.39 is 0 Å². The Balaban J connectivity index is 2.45. The molecular formula is C13H14ClFN2S. The number of nitrogens with zero attached hydrogens (tertiary/aromatic N) is 1. The lowest BCUT2D eigenvalue weighted by molar-refractivity contribution is 0.575. The van der Waals surface area contributed by atoms with Gasteiger partial charge >= 0.3 is 0 Å². The lowest BCUT2D eigenvalue weighted by atomic mass is 10.1. The number of halogens is 2. The second kappa shape index (κ2) is 5.34. The number of aryl methyl sites for hydroxylation is 2. The Labute approximate surface area is 115 Å².